The van der Waals surface area contributed by atoms with Gasteiger partial charge in [-0.15, -0.1) is 0 Å². The number of nitrogens with one attached hydrogen (secondary N) is 1. The second-order valence-electron chi connectivity index (χ2n) is 5.21. The van der Waals surface area contributed by atoms with Crippen LogP contribution in [0.15, 0.2) is 18.2 Å². The lowest BCUT2D eigenvalue weighted by Gasteiger charge is -2.26. The number of hydrogen-bond acceptors (Lipinski definition) is 2. The molecule has 1 unspecified atom stereocenters. The molecule has 19 heavy (non-hydrogen) atoms. The van der Waals surface area contributed by atoms with Gasteiger partial charge < -0.3 is 10.2 Å². The molecule has 1 atom stereocenters. The Hall–Kier alpha value is -1.22. The van der Waals surface area contributed by atoms with Crippen LogP contribution in [-0.4, -0.2) is 30.4 Å². The normalized spacial score (nSPS) is 16.0. The highest BCUT2D eigenvalue weighted by atomic mass is 35.5. The van der Waals surface area contributed by atoms with Crippen molar-refractivity contribution < 1.29 is 4.79 Å². The molecule has 1 aromatic carbocycles. The number of hydrogen-bond donors (Lipinski definition) is 1. The smallest absolute Gasteiger partial charge is 0.255 e. The van der Waals surface area contributed by atoms with Crippen LogP contribution in [0.2, 0.25) is 5.02 Å². The van der Waals surface area contributed by atoms with Crippen LogP contribution in [0.25, 0.3) is 0 Å². The van der Waals surface area contributed by atoms with Gasteiger partial charge >= 0.3 is 0 Å². The number of carbonyl (C=O) groups is 1. The third kappa shape index (κ3) is 3.21. The summed E-state index contributed by atoms with van der Waals surface area (Å²) in [5.74, 6) is 0.702. The second kappa shape index (κ2) is 5.83. The van der Waals surface area contributed by atoms with Crippen molar-refractivity contribution in [1.82, 2.24) is 4.90 Å². The maximum Gasteiger partial charge on any atom is 0.255 e. The molecule has 0 bridgehead atoms. The fraction of sp³-hybridized carbons (Fsp3) is 0.533. The highest BCUT2D eigenvalue weighted by Crippen LogP contribution is 2.35. The number of amides is 1. The molecule has 1 N–H and O–H groups in total. The minimum absolute atomic E-state index is 0.0397. The summed E-state index contributed by atoms with van der Waals surface area (Å²) in [5.41, 5.74) is 1.51. The van der Waals surface area contributed by atoms with Gasteiger partial charge in [-0.05, 0) is 50.8 Å². The Labute approximate surface area is 119 Å². The topological polar surface area (TPSA) is 32.3 Å². The van der Waals surface area contributed by atoms with Crippen molar-refractivity contribution in [3.63, 3.8) is 0 Å². The van der Waals surface area contributed by atoms with Crippen LogP contribution in [-0.2, 0) is 0 Å². The van der Waals surface area contributed by atoms with E-state index >= 15 is 0 Å². The Kier molecular flexibility index (Phi) is 4.35. The second-order valence-corrected chi connectivity index (χ2v) is 5.65. The first-order chi connectivity index (χ1) is 9.04. The largest absolute Gasteiger partial charge is 0.385 e. The molecule has 2 rings (SSSR count). The molecule has 0 aromatic heterocycles. The lowest BCUT2D eigenvalue weighted by molar-refractivity contribution is 0.0728. The molecule has 1 fully saturated rings. The monoisotopic (exact) mass is 280 g/mol. The molecular formula is C15H21ClN2O. The van der Waals surface area contributed by atoms with E-state index in [0.29, 0.717) is 22.5 Å². The summed E-state index contributed by atoms with van der Waals surface area (Å²) in [6.45, 7) is 4.91. The molecule has 0 radical (unpaired) electrons. The Morgan fingerprint density at radius 3 is 2.79 bits per heavy atom. The average molecular weight is 281 g/mol. The fourth-order valence-corrected chi connectivity index (χ4v) is 2.48. The maximum absolute atomic E-state index is 12.6. The van der Waals surface area contributed by atoms with Crippen molar-refractivity contribution >= 4 is 23.2 Å². The van der Waals surface area contributed by atoms with Gasteiger partial charge in [-0.25, -0.2) is 0 Å². The summed E-state index contributed by atoms with van der Waals surface area (Å²) >= 11 is 6.02. The van der Waals surface area contributed by atoms with Gasteiger partial charge in [0.25, 0.3) is 5.91 Å². The van der Waals surface area contributed by atoms with E-state index in [0.717, 1.165) is 12.2 Å². The summed E-state index contributed by atoms with van der Waals surface area (Å²) < 4.78 is 0. The molecule has 0 saturated heterocycles. The Morgan fingerprint density at radius 2 is 2.21 bits per heavy atom. The summed E-state index contributed by atoms with van der Waals surface area (Å²) in [5, 5.41) is 3.81. The lowest BCUT2D eigenvalue weighted by Crippen LogP contribution is -2.36. The van der Waals surface area contributed by atoms with E-state index in [1.165, 1.54) is 12.8 Å². The summed E-state index contributed by atoms with van der Waals surface area (Å²) in [6, 6.07) is 5.72. The van der Waals surface area contributed by atoms with E-state index in [2.05, 4.69) is 12.2 Å². The lowest BCUT2D eigenvalue weighted by atomic mass is 10.1. The highest BCUT2D eigenvalue weighted by molar-refractivity contribution is 6.31. The maximum atomic E-state index is 12.6. The van der Waals surface area contributed by atoms with Crippen LogP contribution in [0.1, 0.15) is 37.0 Å². The average Bonchev–Trinajstić information content (AvgIpc) is 3.23. The van der Waals surface area contributed by atoms with Gasteiger partial charge in [0.15, 0.2) is 0 Å². The van der Waals surface area contributed by atoms with Gasteiger partial charge in [0.05, 0.1) is 5.56 Å². The van der Waals surface area contributed by atoms with Crippen molar-refractivity contribution in [1.29, 1.82) is 0 Å². The van der Waals surface area contributed by atoms with Gasteiger partial charge in [-0.2, -0.15) is 0 Å². The number of halogens is 1. The first-order valence-corrected chi connectivity index (χ1v) is 7.23. The molecular weight excluding hydrogens is 260 g/mol. The van der Waals surface area contributed by atoms with Crippen LogP contribution in [0.3, 0.4) is 0 Å². The zero-order chi connectivity index (χ0) is 14.0. The van der Waals surface area contributed by atoms with E-state index in [-0.39, 0.29) is 5.91 Å². The quantitative estimate of drug-likeness (QED) is 0.893. The standard InChI is InChI=1S/C15H21ClN2O/c1-4-17-14-8-7-12(16)9-13(14)15(19)18(3)10(2)11-5-6-11/h7-11,17H,4-6H2,1-3H3. The van der Waals surface area contributed by atoms with Crippen LogP contribution in [0.4, 0.5) is 5.69 Å². The van der Waals surface area contributed by atoms with Crippen LogP contribution in [0.5, 0.6) is 0 Å². The van der Waals surface area contributed by atoms with Crippen LogP contribution in [0, 0.1) is 5.92 Å². The van der Waals surface area contributed by atoms with Crippen LogP contribution >= 0.6 is 11.6 Å². The van der Waals surface area contributed by atoms with E-state index in [1.807, 2.05) is 24.9 Å². The molecule has 1 aromatic rings. The molecule has 1 saturated carbocycles. The van der Waals surface area contributed by atoms with E-state index in [4.69, 9.17) is 11.6 Å². The molecule has 0 spiro atoms. The first kappa shape index (κ1) is 14.2. The van der Waals surface area contributed by atoms with Crippen molar-refractivity contribution in [2.24, 2.45) is 5.92 Å². The summed E-state index contributed by atoms with van der Waals surface area (Å²) in [6.07, 6.45) is 2.46. The Balaban J connectivity index is 2.23. The number of carbonyl (C=O) groups excluding carboxylic acids is 1. The predicted octanol–water partition coefficient (Wildman–Crippen LogP) is 3.64. The Bertz CT molecular complexity index is 471. The minimum atomic E-state index is 0.0397. The number of anilines is 1. The molecule has 1 aliphatic rings. The SMILES string of the molecule is CCNc1ccc(Cl)cc1C(=O)N(C)C(C)C1CC1. The van der Waals surface area contributed by atoms with Crippen molar-refractivity contribution in [3.05, 3.63) is 28.8 Å². The predicted molar refractivity (Wildman–Crippen MR) is 79.9 cm³/mol. The highest BCUT2D eigenvalue weighted by Gasteiger charge is 2.33. The Morgan fingerprint density at radius 1 is 1.53 bits per heavy atom. The molecule has 3 nitrogen and oxygen atoms in total. The molecule has 104 valence electrons. The van der Waals surface area contributed by atoms with Gasteiger partial charge in [0.1, 0.15) is 0 Å². The number of rotatable bonds is 5. The molecule has 0 aliphatic heterocycles. The zero-order valence-electron chi connectivity index (χ0n) is 11.7. The van der Waals surface area contributed by atoms with Crippen molar-refractivity contribution in [2.45, 2.75) is 32.7 Å². The summed E-state index contributed by atoms with van der Waals surface area (Å²) in [4.78, 5) is 14.4. The molecule has 0 heterocycles. The van der Waals surface area contributed by atoms with Gasteiger partial charge in [-0.3, -0.25) is 4.79 Å². The number of benzene rings is 1. The third-order valence-corrected chi connectivity index (χ3v) is 4.05. The van der Waals surface area contributed by atoms with E-state index < -0.39 is 0 Å². The van der Waals surface area contributed by atoms with Crippen molar-refractivity contribution in [2.75, 3.05) is 18.9 Å². The third-order valence-electron chi connectivity index (χ3n) is 3.81. The van der Waals surface area contributed by atoms with Gasteiger partial charge in [0.2, 0.25) is 0 Å². The summed E-state index contributed by atoms with van der Waals surface area (Å²) in [7, 11) is 1.88. The molecule has 4 heteroatoms. The number of nitrogens with zero attached hydrogens (tertiary/aromatic N) is 1. The van der Waals surface area contributed by atoms with Gasteiger partial charge in [0, 0.05) is 30.3 Å². The molecule has 1 amide bonds. The first-order valence-electron chi connectivity index (χ1n) is 6.85. The van der Waals surface area contributed by atoms with Gasteiger partial charge in [-0.1, -0.05) is 11.6 Å². The van der Waals surface area contributed by atoms with Crippen molar-refractivity contribution in [3.8, 4) is 0 Å². The van der Waals surface area contributed by atoms with E-state index in [9.17, 15) is 4.79 Å². The zero-order valence-corrected chi connectivity index (χ0v) is 12.5. The minimum Gasteiger partial charge on any atom is -0.385 e. The van der Waals surface area contributed by atoms with E-state index in [1.54, 1.807) is 12.1 Å². The fourth-order valence-electron chi connectivity index (χ4n) is 2.31. The van der Waals surface area contributed by atoms with Crippen LogP contribution < -0.4 is 5.32 Å². The molecule has 1 aliphatic carbocycles.